The topological polar surface area (TPSA) is 35.8 Å². The van der Waals surface area contributed by atoms with Crippen molar-refractivity contribution in [1.82, 2.24) is 5.06 Å². The zero-order valence-electron chi connectivity index (χ0n) is 12.3. The van der Waals surface area contributed by atoms with Crippen LogP contribution in [-0.4, -0.2) is 22.7 Å². The molecule has 0 aromatic heterocycles. The van der Waals surface area contributed by atoms with E-state index in [1.807, 2.05) is 19.2 Å². The Morgan fingerprint density at radius 2 is 2.10 bits per heavy atom. The van der Waals surface area contributed by atoms with Crippen molar-refractivity contribution in [2.24, 2.45) is 4.99 Å². The van der Waals surface area contributed by atoms with Gasteiger partial charge >= 0.3 is 0 Å². The van der Waals surface area contributed by atoms with E-state index in [4.69, 9.17) is 0 Å². The standard InChI is InChI=1S/C17H19FN2O/c1-11-16(4-3-5-17(11)18)14-7-6-13(8-14)15-9-19-12(2)20(21)10-15/h3-5,8-9,14,21H,6-7,10H2,1-2H3/t14-/m0/s1. The van der Waals surface area contributed by atoms with Gasteiger partial charge in [-0.05, 0) is 55.0 Å². The van der Waals surface area contributed by atoms with Gasteiger partial charge in [-0.25, -0.2) is 14.4 Å². The van der Waals surface area contributed by atoms with E-state index in [1.165, 1.54) is 11.6 Å². The minimum atomic E-state index is -0.145. The van der Waals surface area contributed by atoms with Gasteiger partial charge in [-0.15, -0.1) is 0 Å². The summed E-state index contributed by atoms with van der Waals surface area (Å²) in [6.07, 6.45) is 5.94. The minimum absolute atomic E-state index is 0.145. The zero-order chi connectivity index (χ0) is 15.0. The predicted octanol–water partition coefficient (Wildman–Crippen LogP) is 3.95. The first-order valence-electron chi connectivity index (χ1n) is 7.22. The average Bonchev–Trinajstić information content (AvgIpc) is 2.94. The molecule has 0 radical (unpaired) electrons. The van der Waals surface area contributed by atoms with E-state index in [0.717, 1.165) is 34.6 Å². The molecule has 1 N–H and O–H groups in total. The summed E-state index contributed by atoms with van der Waals surface area (Å²) in [4.78, 5) is 4.20. The highest BCUT2D eigenvalue weighted by Crippen LogP contribution is 2.38. The summed E-state index contributed by atoms with van der Waals surface area (Å²) in [7, 11) is 0. The van der Waals surface area contributed by atoms with Crippen molar-refractivity contribution in [3.63, 3.8) is 0 Å². The SMILES string of the molecule is CC1=NC=C(C2=C[C@@H](c3cccc(F)c3C)CC2)CN1O. The normalized spacial score (nSPS) is 22.0. The van der Waals surface area contributed by atoms with E-state index in [1.54, 1.807) is 13.0 Å². The lowest BCUT2D eigenvalue weighted by atomic mass is 9.94. The molecule has 0 unspecified atom stereocenters. The van der Waals surface area contributed by atoms with Crippen LogP contribution >= 0.6 is 0 Å². The highest BCUT2D eigenvalue weighted by atomic mass is 19.1. The second-order valence-corrected chi connectivity index (χ2v) is 5.68. The van der Waals surface area contributed by atoms with E-state index in [0.29, 0.717) is 12.4 Å². The molecule has 1 aromatic carbocycles. The monoisotopic (exact) mass is 286 g/mol. The average molecular weight is 286 g/mol. The third kappa shape index (κ3) is 2.63. The number of allylic oxidation sites excluding steroid dienone is 1. The van der Waals surface area contributed by atoms with Gasteiger partial charge in [0.25, 0.3) is 0 Å². The number of halogens is 1. The fourth-order valence-corrected chi connectivity index (χ4v) is 3.00. The third-order valence-electron chi connectivity index (χ3n) is 4.35. The molecule has 0 bridgehead atoms. The van der Waals surface area contributed by atoms with Gasteiger partial charge < -0.3 is 0 Å². The molecule has 1 aromatic rings. The van der Waals surface area contributed by atoms with Gasteiger partial charge in [0.15, 0.2) is 0 Å². The van der Waals surface area contributed by atoms with Crippen LogP contribution in [0.2, 0.25) is 0 Å². The van der Waals surface area contributed by atoms with Crippen molar-refractivity contribution in [3.8, 4) is 0 Å². The Morgan fingerprint density at radius 1 is 1.29 bits per heavy atom. The number of rotatable bonds is 2. The Labute approximate surface area is 124 Å². The molecule has 3 rings (SSSR count). The summed E-state index contributed by atoms with van der Waals surface area (Å²) < 4.78 is 13.7. The Bertz CT molecular complexity index is 661. The number of nitrogens with zero attached hydrogens (tertiary/aromatic N) is 2. The van der Waals surface area contributed by atoms with Crippen LogP contribution in [0.5, 0.6) is 0 Å². The largest absolute Gasteiger partial charge is 0.287 e. The second-order valence-electron chi connectivity index (χ2n) is 5.68. The molecular weight excluding hydrogens is 267 g/mol. The third-order valence-corrected chi connectivity index (χ3v) is 4.35. The van der Waals surface area contributed by atoms with E-state index in [9.17, 15) is 9.60 Å². The lowest BCUT2D eigenvalue weighted by Crippen LogP contribution is -2.29. The van der Waals surface area contributed by atoms with E-state index < -0.39 is 0 Å². The first kappa shape index (κ1) is 14.0. The van der Waals surface area contributed by atoms with Crippen LogP contribution < -0.4 is 0 Å². The maximum atomic E-state index is 13.7. The van der Waals surface area contributed by atoms with Crippen molar-refractivity contribution in [1.29, 1.82) is 0 Å². The summed E-state index contributed by atoms with van der Waals surface area (Å²) in [6.45, 7) is 4.07. The number of aliphatic imine (C=N–C) groups is 1. The van der Waals surface area contributed by atoms with Crippen molar-refractivity contribution in [2.45, 2.75) is 32.6 Å². The first-order chi connectivity index (χ1) is 10.1. The van der Waals surface area contributed by atoms with E-state index >= 15 is 0 Å². The summed E-state index contributed by atoms with van der Waals surface area (Å²) in [5.41, 5.74) is 4.04. The van der Waals surface area contributed by atoms with E-state index in [2.05, 4.69) is 11.1 Å². The van der Waals surface area contributed by atoms with Crippen molar-refractivity contribution < 1.29 is 9.60 Å². The molecule has 4 heteroatoms. The Balaban J connectivity index is 1.87. The number of hydrogen-bond acceptors (Lipinski definition) is 3. The van der Waals surface area contributed by atoms with Gasteiger partial charge in [0, 0.05) is 12.1 Å². The van der Waals surface area contributed by atoms with Crippen LogP contribution in [0.4, 0.5) is 4.39 Å². The highest BCUT2D eigenvalue weighted by Gasteiger charge is 2.24. The molecule has 1 atom stereocenters. The fourth-order valence-electron chi connectivity index (χ4n) is 3.00. The fraction of sp³-hybridized carbons (Fsp3) is 0.353. The van der Waals surface area contributed by atoms with Crippen molar-refractivity contribution >= 4 is 5.84 Å². The van der Waals surface area contributed by atoms with Crippen LogP contribution in [0.3, 0.4) is 0 Å². The smallest absolute Gasteiger partial charge is 0.126 e. The molecule has 1 aliphatic heterocycles. The first-order valence-corrected chi connectivity index (χ1v) is 7.22. The number of hydroxylamine groups is 2. The molecule has 0 saturated heterocycles. The number of benzene rings is 1. The lowest BCUT2D eigenvalue weighted by Gasteiger charge is -2.21. The molecule has 2 aliphatic rings. The molecule has 0 saturated carbocycles. The van der Waals surface area contributed by atoms with Gasteiger partial charge in [-0.3, -0.25) is 5.21 Å². The van der Waals surface area contributed by atoms with Crippen molar-refractivity contribution in [3.05, 3.63) is 58.6 Å². The molecule has 0 fully saturated rings. The highest BCUT2D eigenvalue weighted by molar-refractivity contribution is 5.80. The molecule has 21 heavy (non-hydrogen) atoms. The van der Waals surface area contributed by atoms with Crippen LogP contribution in [0.25, 0.3) is 0 Å². The van der Waals surface area contributed by atoms with E-state index in [-0.39, 0.29) is 11.7 Å². The van der Waals surface area contributed by atoms with Crippen LogP contribution in [0.15, 0.2) is 46.6 Å². The van der Waals surface area contributed by atoms with Gasteiger partial charge in [-0.2, -0.15) is 0 Å². The Kier molecular flexibility index (Phi) is 3.64. The van der Waals surface area contributed by atoms with Gasteiger partial charge in [-0.1, -0.05) is 18.2 Å². The maximum Gasteiger partial charge on any atom is 0.126 e. The lowest BCUT2D eigenvalue weighted by molar-refractivity contribution is -0.00709. The van der Waals surface area contributed by atoms with Crippen LogP contribution in [-0.2, 0) is 0 Å². The minimum Gasteiger partial charge on any atom is -0.287 e. The molecule has 0 amide bonds. The Hall–Kier alpha value is -1.94. The molecule has 1 heterocycles. The van der Waals surface area contributed by atoms with Gasteiger partial charge in [0.1, 0.15) is 11.7 Å². The number of amidine groups is 1. The quantitative estimate of drug-likeness (QED) is 0.893. The summed E-state index contributed by atoms with van der Waals surface area (Å²) >= 11 is 0. The Morgan fingerprint density at radius 3 is 2.86 bits per heavy atom. The second kappa shape index (κ2) is 5.45. The molecule has 110 valence electrons. The predicted molar refractivity (Wildman–Crippen MR) is 80.9 cm³/mol. The summed E-state index contributed by atoms with van der Waals surface area (Å²) in [6, 6.07) is 5.27. The van der Waals surface area contributed by atoms with Crippen molar-refractivity contribution in [2.75, 3.05) is 6.54 Å². The molecular formula is C17H19FN2O. The molecule has 1 aliphatic carbocycles. The van der Waals surface area contributed by atoms with Crippen LogP contribution in [0, 0.1) is 12.7 Å². The number of hydrogen-bond donors (Lipinski definition) is 1. The van der Waals surface area contributed by atoms with Crippen LogP contribution in [0.1, 0.15) is 36.8 Å². The van der Waals surface area contributed by atoms with Gasteiger partial charge in [0.2, 0.25) is 0 Å². The maximum absolute atomic E-state index is 13.7. The molecule has 0 spiro atoms. The molecule has 3 nitrogen and oxygen atoms in total. The summed E-state index contributed by atoms with van der Waals surface area (Å²) in [5, 5.41) is 10.9. The van der Waals surface area contributed by atoms with Gasteiger partial charge in [0.05, 0.1) is 6.54 Å². The summed E-state index contributed by atoms with van der Waals surface area (Å²) in [5.74, 6) is 0.707. The zero-order valence-corrected chi connectivity index (χ0v) is 12.3.